The molecule has 2 rings (SSSR count). The van der Waals surface area contributed by atoms with Crippen molar-refractivity contribution in [2.24, 2.45) is 0 Å². The molecule has 0 radical (unpaired) electrons. The maximum Gasteiger partial charge on any atom is 0.255 e. The van der Waals surface area contributed by atoms with Gasteiger partial charge in [-0.3, -0.25) is 4.79 Å². The molecule has 5 nitrogen and oxygen atoms in total. The SMILES string of the molecule is CC#CCCCOc1cccc(CNC(=O)c2cc(F)cnc2N)c1F. The van der Waals surface area contributed by atoms with E-state index in [0.29, 0.717) is 19.4 Å². The fraction of sp³-hybridized carbons (Fsp3) is 0.263. The van der Waals surface area contributed by atoms with Crippen LogP contribution in [-0.2, 0) is 6.54 Å². The van der Waals surface area contributed by atoms with Gasteiger partial charge in [-0.25, -0.2) is 13.8 Å². The second-order valence-corrected chi connectivity index (χ2v) is 5.38. The van der Waals surface area contributed by atoms with Crippen LogP contribution in [0.4, 0.5) is 14.6 Å². The smallest absolute Gasteiger partial charge is 0.255 e. The largest absolute Gasteiger partial charge is 0.490 e. The number of hydrogen-bond acceptors (Lipinski definition) is 4. The van der Waals surface area contributed by atoms with Gasteiger partial charge in [0.15, 0.2) is 11.6 Å². The number of carbonyl (C=O) groups excluding carboxylic acids is 1. The van der Waals surface area contributed by atoms with Crippen LogP contribution in [0.15, 0.2) is 30.5 Å². The highest BCUT2D eigenvalue weighted by molar-refractivity contribution is 5.98. The maximum atomic E-state index is 14.4. The first kappa shape index (κ1) is 19.2. The summed E-state index contributed by atoms with van der Waals surface area (Å²) in [4.78, 5) is 15.7. The molecule has 7 heteroatoms. The summed E-state index contributed by atoms with van der Waals surface area (Å²) in [5.74, 6) is 3.81. The molecule has 1 aromatic heterocycles. The van der Waals surface area contributed by atoms with Crippen molar-refractivity contribution >= 4 is 11.7 Å². The van der Waals surface area contributed by atoms with Gasteiger partial charge in [-0.2, -0.15) is 0 Å². The number of nitrogens with one attached hydrogen (secondary N) is 1. The first-order chi connectivity index (χ1) is 12.5. The second-order valence-electron chi connectivity index (χ2n) is 5.38. The minimum Gasteiger partial charge on any atom is -0.490 e. The van der Waals surface area contributed by atoms with Crippen molar-refractivity contribution in [1.82, 2.24) is 10.3 Å². The molecule has 0 spiro atoms. The van der Waals surface area contributed by atoms with E-state index in [9.17, 15) is 13.6 Å². The molecule has 1 aromatic carbocycles. The highest BCUT2D eigenvalue weighted by Gasteiger charge is 2.14. The minimum absolute atomic E-state index is 0.0981. The summed E-state index contributed by atoms with van der Waals surface area (Å²) in [7, 11) is 0. The van der Waals surface area contributed by atoms with Crippen LogP contribution in [0.2, 0.25) is 0 Å². The Morgan fingerprint density at radius 3 is 2.96 bits per heavy atom. The molecule has 0 atom stereocenters. The van der Waals surface area contributed by atoms with E-state index in [1.54, 1.807) is 13.0 Å². The summed E-state index contributed by atoms with van der Waals surface area (Å²) in [5.41, 5.74) is 5.70. The van der Waals surface area contributed by atoms with E-state index in [0.717, 1.165) is 12.3 Å². The monoisotopic (exact) mass is 359 g/mol. The van der Waals surface area contributed by atoms with Crippen LogP contribution in [-0.4, -0.2) is 17.5 Å². The summed E-state index contributed by atoms with van der Waals surface area (Å²) in [6, 6.07) is 5.65. The van der Waals surface area contributed by atoms with E-state index < -0.39 is 17.5 Å². The van der Waals surface area contributed by atoms with Gasteiger partial charge in [0.2, 0.25) is 0 Å². The second kappa shape index (κ2) is 9.37. The molecule has 0 saturated heterocycles. The van der Waals surface area contributed by atoms with Crippen LogP contribution in [0.1, 0.15) is 35.7 Å². The van der Waals surface area contributed by atoms with Crippen LogP contribution in [0.3, 0.4) is 0 Å². The number of nitrogens with two attached hydrogens (primary N) is 1. The molecule has 136 valence electrons. The molecule has 0 unspecified atom stereocenters. The maximum absolute atomic E-state index is 14.4. The highest BCUT2D eigenvalue weighted by Crippen LogP contribution is 2.21. The van der Waals surface area contributed by atoms with Crippen LogP contribution in [0.25, 0.3) is 0 Å². The van der Waals surface area contributed by atoms with Crippen LogP contribution < -0.4 is 15.8 Å². The molecule has 0 saturated carbocycles. The first-order valence-corrected chi connectivity index (χ1v) is 8.02. The number of halogens is 2. The van der Waals surface area contributed by atoms with Crippen LogP contribution in [0.5, 0.6) is 5.75 Å². The minimum atomic E-state index is -0.682. The number of nitrogen functional groups attached to an aromatic ring is 1. The van der Waals surface area contributed by atoms with Gasteiger partial charge in [-0.1, -0.05) is 12.1 Å². The topological polar surface area (TPSA) is 77.2 Å². The lowest BCUT2D eigenvalue weighted by Gasteiger charge is -2.11. The van der Waals surface area contributed by atoms with Gasteiger partial charge in [-0.05, 0) is 25.5 Å². The van der Waals surface area contributed by atoms with E-state index in [1.807, 2.05) is 0 Å². The number of amides is 1. The average Bonchev–Trinajstić information content (AvgIpc) is 2.63. The Hall–Kier alpha value is -3.14. The van der Waals surface area contributed by atoms with E-state index in [1.165, 1.54) is 12.1 Å². The third-order valence-corrected chi connectivity index (χ3v) is 3.49. The van der Waals surface area contributed by atoms with Crippen LogP contribution in [0, 0.1) is 23.5 Å². The highest BCUT2D eigenvalue weighted by atomic mass is 19.1. The van der Waals surface area contributed by atoms with Gasteiger partial charge >= 0.3 is 0 Å². The number of hydrogen-bond donors (Lipinski definition) is 2. The molecular formula is C19H19F2N3O2. The molecule has 0 fully saturated rings. The zero-order valence-electron chi connectivity index (χ0n) is 14.3. The third-order valence-electron chi connectivity index (χ3n) is 3.49. The predicted octanol–water partition coefficient (Wildman–Crippen LogP) is 3.05. The first-order valence-electron chi connectivity index (χ1n) is 8.02. The molecule has 0 aliphatic carbocycles. The number of unbranched alkanes of at least 4 members (excludes halogenated alkanes) is 1. The lowest BCUT2D eigenvalue weighted by molar-refractivity contribution is 0.0950. The Kier molecular flexibility index (Phi) is 6.92. The lowest BCUT2D eigenvalue weighted by Crippen LogP contribution is -2.25. The lowest BCUT2D eigenvalue weighted by atomic mass is 10.2. The summed E-state index contributed by atoms with van der Waals surface area (Å²) < 4.78 is 33.1. The number of carbonyl (C=O) groups is 1. The van der Waals surface area contributed by atoms with Crippen LogP contribution >= 0.6 is 0 Å². The summed E-state index contributed by atoms with van der Waals surface area (Å²) in [5, 5.41) is 2.50. The predicted molar refractivity (Wildman–Crippen MR) is 94.4 cm³/mol. The molecule has 0 aliphatic rings. The van der Waals surface area contributed by atoms with Gasteiger partial charge in [0.05, 0.1) is 18.4 Å². The van der Waals surface area contributed by atoms with Crippen molar-refractivity contribution in [1.29, 1.82) is 0 Å². The number of anilines is 1. The molecule has 3 N–H and O–H groups in total. The van der Waals surface area contributed by atoms with Crippen molar-refractivity contribution in [2.45, 2.75) is 26.3 Å². The van der Waals surface area contributed by atoms with Crippen molar-refractivity contribution in [2.75, 3.05) is 12.3 Å². The Labute approximate surface area is 150 Å². The van der Waals surface area contributed by atoms with Gasteiger partial charge in [-0.15, -0.1) is 11.8 Å². The molecule has 0 aliphatic heterocycles. The normalized spacial score (nSPS) is 9.96. The Balaban J connectivity index is 1.98. The molecule has 2 aromatic rings. The number of aromatic nitrogens is 1. The van der Waals surface area contributed by atoms with Crippen molar-refractivity contribution in [3.63, 3.8) is 0 Å². The quantitative estimate of drug-likeness (QED) is 0.588. The van der Waals surface area contributed by atoms with E-state index in [2.05, 4.69) is 22.1 Å². The number of rotatable bonds is 7. The summed E-state index contributed by atoms with van der Waals surface area (Å²) >= 11 is 0. The number of nitrogens with zero attached hydrogens (tertiary/aromatic N) is 1. The molecule has 0 bridgehead atoms. The molecular weight excluding hydrogens is 340 g/mol. The number of benzene rings is 1. The summed E-state index contributed by atoms with van der Waals surface area (Å²) in [6.07, 6.45) is 2.28. The Bertz CT molecular complexity index is 844. The van der Waals surface area contributed by atoms with Gasteiger partial charge < -0.3 is 15.8 Å². The van der Waals surface area contributed by atoms with Gasteiger partial charge in [0.25, 0.3) is 5.91 Å². The Morgan fingerprint density at radius 1 is 1.38 bits per heavy atom. The fourth-order valence-electron chi connectivity index (χ4n) is 2.17. The standard InChI is InChI=1S/C19H19F2N3O2/c1-2-3-4-5-9-26-16-8-6-7-13(17(16)21)11-24-19(25)15-10-14(20)12-23-18(15)22/h6-8,10,12H,4-5,9,11H2,1H3,(H2,22,23)(H,24,25). The summed E-state index contributed by atoms with van der Waals surface area (Å²) in [6.45, 7) is 2.00. The average molecular weight is 359 g/mol. The Morgan fingerprint density at radius 2 is 2.19 bits per heavy atom. The molecule has 26 heavy (non-hydrogen) atoms. The number of pyridine rings is 1. The third kappa shape index (κ3) is 5.18. The van der Waals surface area contributed by atoms with E-state index in [-0.39, 0.29) is 29.2 Å². The van der Waals surface area contributed by atoms with Crippen molar-refractivity contribution < 1.29 is 18.3 Å². The molecule has 1 amide bonds. The van der Waals surface area contributed by atoms with Crippen molar-refractivity contribution in [3.8, 4) is 17.6 Å². The zero-order valence-corrected chi connectivity index (χ0v) is 14.3. The van der Waals surface area contributed by atoms with Crippen molar-refractivity contribution in [3.05, 3.63) is 53.2 Å². The van der Waals surface area contributed by atoms with E-state index in [4.69, 9.17) is 10.5 Å². The zero-order chi connectivity index (χ0) is 18.9. The number of ether oxygens (including phenoxy) is 1. The van der Waals surface area contributed by atoms with E-state index >= 15 is 0 Å². The van der Waals surface area contributed by atoms with Gasteiger partial charge in [0.1, 0.15) is 11.6 Å². The molecule has 1 heterocycles. The fourth-order valence-corrected chi connectivity index (χ4v) is 2.17. The van der Waals surface area contributed by atoms with Gasteiger partial charge in [0, 0.05) is 18.5 Å².